The predicted molar refractivity (Wildman–Crippen MR) is 78.6 cm³/mol. The summed E-state index contributed by atoms with van der Waals surface area (Å²) in [4.78, 5) is -0.131. The lowest BCUT2D eigenvalue weighted by molar-refractivity contribution is 0.482. The van der Waals surface area contributed by atoms with Crippen LogP contribution in [0.2, 0.25) is 0 Å². The van der Waals surface area contributed by atoms with Gasteiger partial charge in [0, 0.05) is 5.30 Å². The van der Waals surface area contributed by atoms with Crippen molar-refractivity contribution in [1.29, 1.82) is 0 Å². The molecule has 1 aromatic carbocycles. The van der Waals surface area contributed by atoms with E-state index in [1.807, 2.05) is 6.92 Å². The standard InChI is InChI=1S/C10H10Cl3O3PS/c1-6-3-7(2)9(18(14,15)16)4-8(6)17-5-10(11,12)13/h3-5H,1-2H3,(H,14,15,16). The summed E-state index contributed by atoms with van der Waals surface area (Å²) in [5.41, 5.74) is 1.33. The Labute approximate surface area is 123 Å². The van der Waals surface area contributed by atoms with Crippen molar-refractivity contribution < 1.29 is 13.0 Å². The molecule has 0 saturated heterocycles. The van der Waals surface area contributed by atoms with E-state index in [2.05, 4.69) is 0 Å². The third-order valence-corrected chi connectivity index (χ3v) is 5.18. The van der Waals surface area contributed by atoms with Crippen LogP contribution in [-0.4, -0.2) is 22.6 Å². The van der Waals surface area contributed by atoms with Crippen molar-refractivity contribution in [3.63, 3.8) is 0 Å². The molecular formula is C10H10Cl3O3PS. The SMILES string of the molecule is Cc1cc(C)c(S(=O)(=O)O)cc1P=CC(Cl)(Cl)Cl. The normalized spacial score (nSPS) is 13.2. The van der Waals surface area contributed by atoms with Gasteiger partial charge in [-0.15, -0.1) is 0 Å². The number of hydrogen-bond donors (Lipinski definition) is 1. The summed E-state index contributed by atoms with van der Waals surface area (Å²) in [5, 5.41) is 0.652. The van der Waals surface area contributed by atoms with Crippen LogP contribution in [0.3, 0.4) is 0 Å². The van der Waals surface area contributed by atoms with E-state index in [0.29, 0.717) is 19.1 Å². The maximum Gasteiger partial charge on any atom is 0.294 e. The Morgan fingerprint density at radius 1 is 1.22 bits per heavy atom. The fourth-order valence-corrected chi connectivity index (χ4v) is 3.40. The third-order valence-electron chi connectivity index (χ3n) is 2.12. The van der Waals surface area contributed by atoms with E-state index >= 15 is 0 Å². The van der Waals surface area contributed by atoms with Gasteiger partial charge in [-0.25, -0.2) is 0 Å². The van der Waals surface area contributed by atoms with Crippen molar-refractivity contribution in [3.8, 4) is 0 Å². The number of halogens is 3. The molecule has 0 aliphatic rings. The molecule has 0 bridgehead atoms. The molecule has 0 aliphatic heterocycles. The maximum absolute atomic E-state index is 11.2. The van der Waals surface area contributed by atoms with Gasteiger partial charge in [-0.3, -0.25) is 4.55 Å². The van der Waals surface area contributed by atoms with Crippen LogP contribution in [0.15, 0.2) is 17.0 Å². The van der Waals surface area contributed by atoms with Crippen LogP contribution in [-0.2, 0) is 10.1 Å². The van der Waals surface area contributed by atoms with Crippen molar-refractivity contribution in [2.75, 3.05) is 0 Å². The Hall–Kier alpha value is 0.170. The molecule has 100 valence electrons. The van der Waals surface area contributed by atoms with Crippen LogP contribution >= 0.6 is 43.0 Å². The molecule has 3 nitrogen and oxygen atoms in total. The topological polar surface area (TPSA) is 54.4 Å². The maximum atomic E-state index is 11.2. The second-order valence-corrected chi connectivity index (χ2v) is 8.44. The van der Waals surface area contributed by atoms with Gasteiger partial charge in [0.15, 0.2) is 0 Å². The Balaban J connectivity index is 3.35. The van der Waals surface area contributed by atoms with Crippen LogP contribution in [0.5, 0.6) is 0 Å². The highest BCUT2D eigenvalue weighted by atomic mass is 35.6. The highest BCUT2D eigenvalue weighted by molar-refractivity contribution is 7.86. The monoisotopic (exact) mass is 346 g/mol. The molecule has 0 amide bonds. The van der Waals surface area contributed by atoms with Crippen molar-refractivity contribution >= 4 is 64.2 Å². The molecule has 0 spiro atoms. The minimum absolute atomic E-state index is 0.131. The first-order valence-electron chi connectivity index (χ1n) is 4.71. The molecule has 0 aromatic heterocycles. The van der Waals surface area contributed by atoms with E-state index < -0.39 is 13.9 Å². The Kier molecular flexibility index (Phi) is 5.10. The predicted octanol–water partition coefficient (Wildman–Crippen LogP) is 3.29. The van der Waals surface area contributed by atoms with Crippen LogP contribution in [0.25, 0.3) is 0 Å². The van der Waals surface area contributed by atoms with Crippen LogP contribution in [0, 0.1) is 13.8 Å². The molecule has 1 N–H and O–H groups in total. The highest BCUT2D eigenvalue weighted by Gasteiger charge is 2.17. The molecule has 0 radical (unpaired) electrons. The van der Waals surface area contributed by atoms with Crippen molar-refractivity contribution in [3.05, 3.63) is 23.3 Å². The van der Waals surface area contributed by atoms with E-state index in [4.69, 9.17) is 39.4 Å². The fourth-order valence-electron chi connectivity index (χ4n) is 1.38. The first-order valence-corrected chi connectivity index (χ1v) is 8.25. The van der Waals surface area contributed by atoms with Crippen LogP contribution in [0.4, 0.5) is 0 Å². The number of benzene rings is 1. The van der Waals surface area contributed by atoms with Gasteiger partial charge in [0.25, 0.3) is 10.1 Å². The van der Waals surface area contributed by atoms with Gasteiger partial charge in [0.05, 0.1) is 4.90 Å². The van der Waals surface area contributed by atoms with E-state index in [-0.39, 0.29) is 4.90 Å². The molecule has 0 aliphatic carbocycles. The van der Waals surface area contributed by atoms with Crippen molar-refractivity contribution in [2.45, 2.75) is 22.5 Å². The van der Waals surface area contributed by atoms with Gasteiger partial charge in [-0.1, -0.05) is 49.1 Å². The summed E-state index contributed by atoms with van der Waals surface area (Å²) < 4.78 is 29.9. The van der Waals surface area contributed by atoms with Gasteiger partial charge in [0.2, 0.25) is 3.79 Å². The number of hydrogen-bond acceptors (Lipinski definition) is 2. The van der Waals surface area contributed by atoms with Crippen molar-refractivity contribution in [1.82, 2.24) is 0 Å². The molecule has 0 heterocycles. The summed E-state index contributed by atoms with van der Waals surface area (Å²) >= 11 is 16.8. The van der Waals surface area contributed by atoms with E-state index in [1.54, 1.807) is 13.0 Å². The molecule has 0 unspecified atom stereocenters. The lowest BCUT2D eigenvalue weighted by Gasteiger charge is -2.08. The zero-order valence-corrected chi connectivity index (χ0v) is 13.5. The lowest BCUT2D eigenvalue weighted by atomic mass is 10.2. The first kappa shape index (κ1) is 16.2. The first-order chi connectivity index (χ1) is 8.00. The van der Waals surface area contributed by atoms with Gasteiger partial charge in [0.1, 0.15) is 0 Å². The highest BCUT2D eigenvalue weighted by Crippen LogP contribution is 2.26. The minimum atomic E-state index is -4.24. The van der Waals surface area contributed by atoms with Gasteiger partial charge in [-0.2, -0.15) is 8.42 Å². The summed E-state index contributed by atoms with van der Waals surface area (Å²) in [5.74, 6) is 1.41. The largest absolute Gasteiger partial charge is 0.294 e. The molecule has 1 aromatic rings. The van der Waals surface area contributed by atoms with E-state index in [0.717, 1.165) is 5.56 Å². The number of aryl methyl sites for hydroxylation is 2. The lowest BCUT2D eigenvalue weighted by Crippen LogP contribution is -2.09. The summed E-state index contributed by atoms with van der Waals surface area (Å²) in [7, 11) is -3.68. The Bertz CT molecular complexity index is 591. The summed E-state index contributed by atoms with van der Waals surface area (Å²) in [6.45, 7) is 3.42. The average molecular weight is 348 g/mol. The summed E-state index contributed by atoms with van der Waals surface area (Å²) in [6, 6.07) is 3.05. The van der Waals surface area contributed by atoms with Gasteiger partial charge >= 0.3 is 0 Å². The quantitative estimate of drug-likeness (QED) is 0.507. The Morgan fingerprint density at radius 3 is 2.22 bits per heavy atom. The second kappa shape index (κ2) is 5.66. The molecule has 8 heteroatoms. The minimum Gasteiger partial charge on any atom is -0.282 e. The van der Waals surface area contributed by atoms with Gasteiger partial charge < -0.3 is 0 Å². The number of alkyl halides is 3. The van der Waals surface area contributed by atoms with Crippen molar-refractivity contribution in [2.24, 2.45) is 0 Å². The van der Waals surface area contributed by atoms with Crippen LogP contribution < -0.4 is 5.30 Å². The molecule has 0 saturated carbocycles. The second-order valence-electron chi connectivity index (χ2n) is 3.68. The third kappa shape index (κ3) is 4.69. The molecule has 0 fully saturated rings. The van der Waals surface area contributed by atoms with Gasteiger partial charge in [-0.05, 0) is 36.8 Å². The Morgan fingerprint density at radius 2 is 1.78 bits per heavy atom. The molecule has 0 atom stereocenters. The molecule has 18 heavy (non-hydrogen) atoms. The van der Waals surface area contributed by atoms with E-state index in [1.165, 1.54) is 11.9 Å². The fraction of sp³-hybridized carbons (Fsp3) is 0.300. The smallest absolute Gasteiger partial charge is 0.282 e. The zero-order valence-electron chi connectivity index (χ0n) is 9.49. The van der Waals surface area contributed by atoms with Crippen LogP contribution in [0.1, 0.15) is 11.1 Å². The molecule has 1 rings (SSSR count). The van der Waals surface area contributed by atoms with E-state index in [9.17, 15) is 8.42 Å². The zero-order chi connectivity index (χ0) is 14.1. The summed E-state index contributed by atoms with van der Waals surface area (Å²) in [6.07, 6.45) is 0. The average Bonchev–Trinajstić information content (AvgIpc) is 2.12. The molecular weight excluding hydrogens is 338 g/mol. The number of rotatable bonds is 2.